The molecule has 0 bridgehead atoms. The van der Waals surface area contributed by atoms with Gasteiger partial charge in [0.05, 0.1) is 25.2 Å². The van der Waals surface area contributed by atoms with Gasteiger partial charge in [-0.2, -0.15) is 13.2 Å². The Hall–Kier alpha value is -4.60. The van der Waals surface area contributed by atoms with Gasteiger partial charge in [0.25, 0.3) is 0 Å². The second kappa shape index (κ2) is 12.5. The predicted octanol–water partition coefficient (Wildman–Crippen LogP) is 9.10. The molecule has 0 spiro atoms. The smallest absolute Gasteiger partial charge is 0.421 e. The largest absolute Gasteiger partial charge is 0.496 e. The number of ether oxygens (including phenoxy) is 1. The number of aromatic nitrogens is 1. The molecular formula is C39H32BrF3N2O3. The van der Waals surface area contributed by atoms with Crippen LogP contribution in [0.25, 0.3) is 11.1 Å². The van der Waals surface area contributed by atoms with Crippen molar-refractivity contribution in [2.45, 2.75) is 37.1 Å². The summed E-state index contributed by atoms with van der Waals surface area (Å²) in [6, 6.07) is 37.1. The Morgan fingerprint density at radius 1 is 0.812 bits per heavy atom. The number of hydrogen-bond donors (Lipinski definition) is 0. The summed E-state index contributed by atoms with van der Waals surface area (Å²) < 4.78 is 56.7. The zero-order valence-corrected chi connectivity index (χ0v) is 27.8. The lowest BCUT2D eigenvalue weighted by molar-refractivity contribution is -0.155. The summed E-state index contributed by atoms with van der Waals surface area (Å²) in [5.41, 5.74) is 4.27. The first-order valence-corrected chi connectivity index (χ1v) is 16.4. The Morgan fingerprint density at radius 3 is 1.88 bits per heavy atom. The van der Waals surface area contributed by atoms with Crippen molar-refractivity contribution >= 4 is 27.0 Å². The van der Waals surface area contributed by atoms with Gasteiger partial charge in [0.15, 0.2) is 5.58 Å². The minimum absolute atomic E-state index is 0.250. The molecule has 5 nitrogen and oxygen atoms in total. The highest BCUT2D eigenvalue weighted by Gasteiger charge is 2.45. The molecule has 0 radical (unpaired) electrons. The van der Waals surface area contributed by atoms with Crippen LogP contribution in [0.2, 0.25) is 0 Å². The van der Waals surface area contributed by atoms with Crippen LogP contribution < -0.4 is 10.5 Å². The van der Waals surface area contributed by atoms with Gasteiger partial charge in [-0.25, -0.2) is 4.79 Å². The number of hydrogen-bond acceptors (Lipinski definition) is 4. The Bertz CT molecular complexity index is 2030. The standard InChI is InChI=1S/C39H32BrF3N2O3/c1-25-22-32-30(35(44(25)24-38(41,42)43)31-19-18-29(40)23-34(31)47-2)20-21-33-36(32)48-37(46)45(33)39(26-12-6-3-7-13-26,27-14-8-4-9-15-27)28-16-10-5-11-17-28/h3-21,23,25,35H,22,24H2,1-2H3/t25-,35+/m1/s1. The van der Waals surface area contributed by atoms with Crippen LogP contribution in [0.5, 0.6) is 5.75 Å². The first kappa shape index (κ1) is 32.0. The molecule has 0 amide bonds. The molecule has 9 heteroatoms. The van der Waals surface area contributed by atoms with E-state index in [9.17, 15) is 18.0 Å². The lowest BCUT2D eigenvalue weighted by atomic mass is 9.76. The molecule has 0 saturated carbocycles. The average Bonchev–Trinajstić information content (AvgIpc) is 3.43. The fourth-order valence-electron chi connectivity index (χ4n) is 7.42. The number of rotatable bonds is 7. The topological polar surface area (TPSA) is 47.6 Å². The van der Waals surface area contributed by atoms with Crippen LogP contribution in [0.4, 0.5) is 13.2 Å². The molecule has 244 valence electrons. The average molecular weight is 714 g/mol. The Labute approximate surface area is 284 Å². The van der Waals surface area contributed by atoms with Gasteiger partial charge in [-0.3, -0.25) is 9.47 Å². The zero-order chi connectivity index (χ0) is 33.6. The highest BCUT2D eigenvalue weighted by Crippen LogP contribution is 2.47. The van der Waals surface area contributed by atoms with Gasteiger partial charge >= 0.3 is 11.9 Å². The van der Waals surface area contributed by atoms with Crippen molar-refractivity contribution in [1.29, 1.82) is 0 Å². The summed E-state index contributed by atoms with van der Waals surface area (Å²) in [4.78, 5) is 15.9. The third-order valence-corrected chi connectivity index (χ3v) is 9.84. The predicted molar refractivity (Wildman–Crippen MR) is 184 cm³/mol. The lowest BCUT2D eigenvalue weighted by Crippen LogP contribution is -2.47. The number of oxazole rings is 1. The fraction of sp³-hybridized carbons (Fsp3) is 0.205. The number of alkyl halides is 3. The Balaban J connectivity index is 1.55. The normalized spacial score (nSPS) is 17.0. The third-order valence-electron chi connectivity index (χ3n) is 9.34. The van der Waals surface area contributed by atoms with Crippen molar-refractivity contribution in [3.63, 3.8) is 0 Å². The van der Waals surface area contributed by atoms with Crippen LogP contribution >= 0.6 is 15.9 Å². The lowest BCUT2D eigenvalue weighted by Gasteiger charge is -2.42. The highest BCUT2D eigenvalue weighted by molar-refractivity contribution is 9.10. The molecule has 2 atom stereocenters. The molecule has 0 aliphatic carbocycles. The number of nitrogens with zero attached hydrogens (tertiary/aromatic N) is 2. The first-order chi connectivity index (χ1) is 23.1. The van der Waals surface area contributed by atoms with Crippen molar-refractivity contribution in [2.75, 3.05) is 13.7 Å². The number of fused-ring (bicyclic) bond motifs is 3. The van der Waals surface area contributed by atoms with E-state index in [0.29, 0.717) is 33.5 Å². The van der Waals surface area contributed by atoms with Gasteiger partial charge in [-0.15, -0.1) is 0 Å². The number of benzene rings is 5. The van der Waals surface area contributed by atoms with E-state index in [-0.39, 0.29) is 6.42 Å². The molecule has 1 aliphatic heterocycles. The molecule has 5 aromatic carbocycles. The van der Waals surface area contributed by atoms with Crippen LogP contribution in [0, 0.1) is 0 Å². The number of methoxy groups -OCH3 is 1. The molecule has 1 aromatic heterocycles. The maximum atomic E-state index is 14.4. The Morgan fingerprint density at radius 2 is 1.35 bits per heavy atom. The summed E-state index contributed by atoms with van der Waals surface area (Å²) in [5.74, 6) is -0.116. The zero-order valence-electron chi connectivity index (χ0n) is 26.2. The van der Waals surface area contributed by atoms with Crippen LogP contribution in [0.1, 0.15) is 46.3 Å². The summed E-state index contributed by atoms with van der Waals surface area (Å²) >= 11 is 3.46. The van der Waals surface area contributed by atoms with E-state index in [1.807, 2.05) is 103 Å². The SMILES string of the molecule is COc1cc(Br)ccc1[C@@H]1c2ccc3c(oc(=O)n3C(c3ccccc3)(c3ccccc3)c3ccccc3)c2C[C@@H](C)N1CC(F)(F)F. The molecular weight excluding hydrogens is 681 g/mol. The molecule has 0 saturated heterocycles. The van der Waals surface area contributed by atoms with Crippen LogP contribution in [0.15, 0.2) is 135 Å². The van der Waals surface area contributed by atoms with Gasteiger partial charge in [0, 0.05) is 21.6 Å². The van der Waals surface area contributed by atoms with Crippen molar-refractivity contribution in [3.05, 3.63) is 170 Å². The van der Waals surface area contributed by atoms with E-state index in [2.05, 4.69) is 15.9 Å². The monoisotopic (exact) mass is 712 g/mol. The van der Waals surface area contributed by atoms with E-state index >= 15 is 0 Å². The second-order valence-electron chi connectivity index (χ2n) is 12.1. The maximum absolute atomic E-state index is 14.4. The highest BCUT2D eigenvalue weighted by atomic mass is 79.9. The fourth-order valence-corrected chi connectivity index (χ4v) is 7.76. The van der Waals surface area contributed by atoms with Gasteiger partial charge in [-0.1, -0.05) is 119 Å². The molecule has 1 aliphatic rings. The quantitative estimate of drug-likeness (QED) is 0.155. The van der Waals surface area contributed by atoms with E-state index in [4.69, 9.17) is 9.15 Å². The van der Waals surface area contributed by atoms with Crippen molar-refractivity contribution in [2.24, 2.45) is 0 Å². The molecule has 0 N–H and O–H groups in total. The van der Waals surface area contributed by atoms with Crippen LogP contribution in [0.3, 0.4) is 0 Å². The van der Waals surface area contributed by atoms with Gasteiger partial charge in [-0.05, 0) is 53.8 Å². The van der Waals surface area contributed by atoms with Crippen molar-refractivity contribution in [1.82, 2.24) is 9.47 Å². The molecule has 7 rings (SSSR count). The minimum atomic E-state index is -4.44. The summed E-state index contributed by atoms with van der Waals surface area (Å²) in [7, 11) is 1.51. The van der Waals surface area contributed by atoms with E-state index in [0.717, 1.165) is 21.2 Å². The second-order valence-corrected chi connectivity index (χ2v) is 13.0. The third kappa shape index (κ3) is 5.35. The van der Waals surface area contributed by atoms with Crippen LogP contribution in [-0.4, -0.2) is 35.3 Å². The first-order valence-electron chi connectivity index (χ1n) is 15.6. The van der Waals surface area contributed by atoms with Crippen molar-refractivity contribution < 1.29 is 22.3 Å². The summed E-state index contributed by atoms with van der Waals surface area (Å²) in [6.07, 6.45) is -4.19. The van der Waals surface area contributed by atoms with E-state index in [1.165, 1.54) is 12.0 Å². The van der Waals surface area contributed by atoms with Gasteiger partial charge in [0.2, 0.25) is 0 Å². The molecule has 48 heavy (non-hydrogen) atoms. The summed E-state index contributed by atoms with van der Waals surface area (Å²) in [6.45, 7) is 0.669. The molecule has 0 unspecified atom stereocenters. The van der Waals surface area contributed by atoms with E-state index in [1.54, 1.807) is 29.7 Å². The molecule has 2 heterocycles. The maximum Gasteiger partial charge on any atom is 0.421 e. The Kier molecular flexibility index (Phi) is 8.29. The van der Waals surface area contributed by atoms with Gasteiger partial charge in [0.1, 0.15) is 11.3 Å². The van der Waals surface area contributed by atoms with Crippen molar-refractivity contribution in [3.8, 4) is 5.75 Å². The van der Waals surface area contributed by atoms with E-state index < -0.39 is 36.1 Å². The number of halogens is 4. The minimum Gasteiger partial charge on any atom is -0.496 e. The molecule has 0 fully saturated rings. The van der Waals surface area contributed by atoms with Crippen LogP contribution in [-0.2, 0) is 12.0 Å². The summed E-state index contributed by atoms with van der Waals surface area (Å²) in [5, 5.41) is 0. The molecule has 6 aromatic rings. The van der Waals surface area contributed by atoms with Gasteiger partial charge < -0.3 is 9.15 Å².